The second kappa shape index (κ2) is 13.5. The molecule has 0 aliphatic carbocycles. The molecule has 1 amide bonds. The van der Waals surface area contributed by atoms with Gasteiger partial charge in [0.2, 0.25) is 0 Å². The molecule has 1 aliphatic heterocycles. The summed E-state index contributed by atoms with van der Waals surface area (Å²) in [6, 6.07) is 0. The highest BCUT2D eigenvalue weighted by Gasteiger charge is 2.29. The Morgan fingerprint density at radius 1 is 1.23 bits per heavy atom. The maximum absolute atomic E-state index is 12.4. The van der Waals surface area contributed by atoms with Gasteiger partial charge in [0.15, 0.2) is 5.96 Å². The van der Waals surface area contributed by atoms with Crippen molar-refractivity contribution in [2.75, 3.05) is 59.9 Å². The van der Waals surface area contributed by atoms with Crippen molar-refractivity contribution in [2.45, 2.75) is 52.3 Å². The lowest BCUT2D eigenvalue weighted by atomic mass is 9.96. The van der Waals surface area contributed by atoms with Crippen LogP contribution in [-0.4, -0.2) is 98.4 Å². The third kappa shape index (κ3) is 12.6. The van der Waals surface area contributed by atoms with E-state index in [9.17, 15) is 18.0 Å². The molecule has 0 spiro atoms. The van der Waals surface area contributed by atoms with Crippen LogP contribution in [-0.2, 0) is 4.74 Å². The van der Waals surface area contributed by atoms with E-state index in [2.05, 4.69) is 15.2 Å². The zero-order chi connectivity index (χ0) is 22.9. The van der Waals surface area contributed by atoms with Gasteiger partial charge in [-0.1, -0.05) is 0 Å². The Morgan fingerprint density at radius 2 is 1.81 bits per heavy atom. The van der Waals surface area contributed by atoms with E-state index >= 15 is 0 Å². The highest BCUT2D eigenvalue weighted by Crippen LogP contribution is 2.20. The van der Waals surface area contributed by atoms with Crippen molar-refractivity contribution < 1.29 is 22.7 Å². The summed E-state index contributed by atoms with van der Waals surface area (Å²) in [5, 5.41) is 3.15. The predicted octanol–water partition coefficient (Wildman–Crippen LogP) is 3.64. The monoisotopic (exact) mass is 565 g/mol. The van der Waals surface area contributed by atoms with Gasteiger partial charge in [-0.05, 0) is 53.5 Å². The van der Waals surface area contributed by atoms with E-state index in [1.807, 2.05) is 27.7 Å². The van der Waals surface area contributed by atoms with Gasteiger partial charge in [-0.15, -0.1) is 24.0 Å². The molecule has 0 atom stereocenters. The maximum Gasteiger partial charge on any atom is 0.410 e. The van der Waals surface area contributed by atoms with Crippen molar-refractivity contribution in [3.05, 3.63) is 0 Å². The summed E-state index contributed by atoms with van der Waals surface area (Å²) in [6.07, 6.45) is -2.65. The van der Waals surface area contributed by atoms with Gasteiger partial charge >= 0.3 is 12.3 Å². The van der Waals surface area contributed by atoms with Crippen molar-refractivity contribution in [1.29, 1.82) is 0 Å². The van der Waals surface area contributed by atoms with Crippen molar-refractivity contribution in [2.24, 2.45) is 10.9 Å². The summed E-state index contributed by atoms with van der Waals surface area (Å²) in [4.78, 5) is 21.7. The number of rotatable bonds is 7. The minimum Gasteiger partial charge on any atom is -0.444 e. The molecule has 1 fully saturated rings. The summed E-state index contributed by atoms with van der Waals surface area (Å²) >= 11 is 0. The second-order valence-corrected chi connectivity index (χ2v) is 8.78. The molecule has 11 heteroatoms. The fourth-order valence-electron chi connectivity index (χ4n) is 3.37. The van der Waals surface area contributed by atoms with Crippen LogP contribution in [0.25, 0.3) is 0 Å². The lowest BCUT2D eigenvalue weighted by Gasteiger charge is -2.36. The maximum atomic E-state index is 12.4. The van der Waals surface area contributed by atoms with Gasteiger partial charge in [0.05, 0.1) is 6.54 Å². The number of carbonyl (C=O) groups excluding carboxylic acids is 1. The van der Waals surface area contributed by atoms with Crippen LogP contribution in [0.1, 0.15) is 40.5 Å². The number of guanidine groups is 1. The van der Waals surface area contributed by atoms with Gasteiger partial charge in [-0.2, -0.15) is 13.2 Å². The molecule has 31 heavy (non-hydrogen) atoms. The minimum absolute atomic E-state index is 0. The third-order valence-corrected chi connectivity index (χ3v) is 4.86. The summed E-state index contributed by atoms with van der Waals surface area (Å²) in [7, 11) is 3.13. The molecular formula is C20H39F3IN5O2. The van der Waals surface area contributed by atoms with E-state index < -0.39 is 18.3 Å². The summed E-state index contributed by atoms with van der Waals surface area (Å²) < 4.78 is 42.7. The topological polar surface area (TPSA) is 60.4 Å². The number of nitrogens with zero attached hydrogens (tertiary/aromatic N) is 4. The smallest absolute Gasteiger partial charge is 0.410 e. The number of hydrogen-bond donors (Lipinski definition) is 1. The van der Waals surface area contributed by atoms with Gasteiger partial charge in [-0.3, -0.25) is 9.89 Å². The highest BCUT2D eigenvalue weighted by atomic mass is 127. The number of piperidine rings is 1. The number of halogens is 4. The largest absolute Gasteiger partial charge is 0.444 e. The van der Waals surface area contributed by atoms with Crippen LogP contribution in [0.2, 0.25) is 0 Å². The molecule has 1 heterocycles. The number of carbonyl (C=O) groups is 1. The third-order valence-electron chi connectivity index (χ3n) is 4.86. The predicted molar refractivity (Wildman–Crippen MR) is 128 cm³/mol. The number of hydrogen-bond acceptors (Lipinski definition) is 4. The number of amides is 1. The SMILES string of the molecule is CCN(CC1CCN(C(=NC)NCCN(C)CC(F)(F)F)CC1)C(=O)OC(C)(C)C.I. The molecule has 1 rings (SSSR count). The van der Waals surface area contributed by atoms with Crippen molar-refractivity contribution in [3.63, 3.8) is 0 Å². The fourth-order valence-corrected chi connectivity index (χ4v) is 3.37. The van der Waals surface area contributed by atoms with E-state index in [1.54, 1.807) is 11.9 Å². The van der Waals surface area contributed by atoms with Crippen LogP contribution in [0.15, 0.2) is 4.99 Å². The highest BCUT2D eigenvalue weighted by molar-refractivity contribution is 14.0. The molecule has 0 saturated carbocycles. The molecule has 0 aromatic carbocycles. The van der Waals surface area contributed by atoms with Gasteiger partial charge in [0.1, 0.15) is 5.60 Å². The van der Waals surface area contributed by atoms with Gasteiger partial charge in [0.25, 0.3) is 0 Å². The Labute approximate surface area is 201 Å². The number of likely N-dealkylation sites (tertiary alicyclic amines) is 1. The van der Waals surface area contributed by atoms with Crippen LogP contribution in [0, 0.1) is 5.92 Å². The molecule has 0 radical (unpaired) electrons. The van der Waals surface area contributed by atoms with Crippen molar-refractivity contribution >= 4 is 36.0 Å². The molecule has 184 valence electrons. The Morgan fingerprint density at radius 3 is 2.26 bits per heavy atom. The first kappa shape index (κ1) is 30.0. The van der Waals surface area contributed by atoms with Crippen molar-refractivity contribution in [1.82, 2.24) is 20.0 Å². The number of nitrogens with one attached hydrogen (secondary N) is 1. The van der Waals surface area contributed by atoms with Crippen molar-refractivity contribution in [3.8, 4) is 0 Å². The fraction of sp³-hybridized carbons (Fsp3) is 0.900. The molecular weight excluding hydrogens is 526 g/mol. The van der Waals surface area contributed by atoms with E-state index in [1.165, 1.54) is 11.9 Å². The zero-order valence-corrected chi connectivity index (χ0v) is 21.9. The quantitative estimate of drug-likeness (QED) is 0.290. The molecule has 1 N–H and O–H groups in total. The van der Waals surface area contributed by atoms with E-state index in [0.717, 1.165) is 25.9 Å². The number of likely N-dealkylation sites (N-methyl/N-ethyl adjacent to an activating group) is 1. The Balaban J connectivity index is 0.00000900. The standard InChI is InChI=1S/C20H38F3N5O2.HI/c1-7-27(18(29)30-19(2,3)4)14-16-8-11-28(12-9-16)17(24-5)25-10-13-26(6)15-20(21,22)23;/h16H,7-15H2,1-6H3,(H,24,25);1H. The molecule has 1 aliphatic rings. The van der Waals surface area contributed by atoms with Gasteiger partial charge in [-0.25, -0.2) is 4.79 Å². The molecule has 0 unspecified atom stereocenters. The molecule has 0 bridgehead atoms. The van der Waals surface area contributed by atoms with E-state index in [0.29, 0.717) is 31.5 Å². The molecule has 0 aromatic rings. The molecule has 1 saturated heterocycles. The van der Waals surface area contributed by atoms with Gasteiger partial charge in [0, 0.05) is 46.3 Å². The van der Waals surface area contributed by atoms with Crippen LogP contribution < -0.4 is 5.32 Å². The summed E-state index contributed by atoms with van der Waals surface area (Å²) in [5.74, 6) is 1.08. The first-order chi connectivity index (χ1) is 13.8. The summed E-state index contributed by atoms with van der Waals surface area (Å²) in [5.41, 5.74) is -0.514. The number of ether oxygens (including phenoxy) is 1. The summed E-state index contributed by atoms with van der Waals surface area (Å²) in [6.45, 7) is 10.1. The number of aliphatic imine (C=N–C) groups is 1. The van der Waals surface area contributed by atoms with Crippen LogP contribution >= 0.6 is 24.0 Å². The van der Waals surface area contributed by atoms with E-state index in [-0.39, 0.29) is 36.6 Å². The van der Waals surface area contributed by atoms with Crippen LogP contribution in [0.4, 0.5) is 18.0 Å². The Hall–Kier alpha value is -0.980. The van der Waals surface area contributed by atoms with E-state index in [4.69, 9.17) is 4.74 Å². The first-order valence-electron chi connectivity index (χ1n) is 10.5. The molecule has 7 nitrogen and oxygen atoms in total. The second-order valence-electron chi connectivity index (χ2n) is 8.78. The minimum atomic E-state index is -4.19. The lowest BCUT2D eigenvalue weighted by Crippen LogP contribution is -2.49. The first-order valence-corrected chi connectivity index (χ1v) is 10.5. The lowest BCUT2D eigenvalue weighted by molar-refractivity contribution is -0.142. The average Bonchev–Trinajstić information content (AvgIpc) is 2.61. The van der Waals surface area contributed by atoms with Crippen LogP contribution in [0.3, 0.4) is 0 Å². The van der Waals surface area contributed by atoms with Gasteiger partial charge < -0.3 is 19.9 Å². The Bertz CT molecular complexity index is 562. The normalized spacial score (nSPS) is 16.2. The average molecular weight is 565 g/mol. The molecule has 0 aromatic heterocycles. The Kier molecular flexibility index (Phi) is 13.1. The van der Waals surface area contributed by atoms with Crippen LogP contribution in [0.5, 0.6) is 0 Å². The zero-order valence-electron chi connectivity index (χ0n) is 19.6. The number of alkyl halides is 3.